The van der Waals surface area contributed by atoms with Gasteiger partial charge in [-0.3, -0.25) is 0 Å². The van der Waals surface area contributed by atoms with Crippen molar-refractivity contribution in [3.8, 4) is 5.75 Å². The normalized spacial score (nSPS) is 12.0. The van der Waals surface area contributed by atoms with Crippen LogP contribution in [0.4, 0.5) is 5.82 Å². The van der Waals surface area contributed by atoms with E-state index in [0.29, 0.717) is 10.8 Å². The Kier molecular flexibility index (Phi) is 2.97. The van der Waals surface area contributed by atoms with Gasteiger partial charge in [0.25, 0.3) is 10.0 Å². The topological polar surface area (TPSA) is 111 Å². The molecule has 0 radical (unpaired) electrons. The van der Waals surface area contributed by atoms with Gasteiger partial charge in [-0.25, -0.2) is 22.4 Å². The molecule has 0 aliphatic rings. The molecule has 0 aliphatic heterocycles. The maximum atomic E-state index is 13.1. The van der Waals surface area contributed by atoms with Crippen LogP contribution in [0.15, 0.2) is 59.8 Å². The van der Waals surface area contributed by atoms with Crippen molar-refractivity contribution in [1.82, 2.24) is 13.9 Å². The Labute approximate surface area is 137 Å². The van der Waals surface area contributed by atoms with Crippen molar-refractivity contribution in [3.63, 3.8) is 0 Å². The molecule has 1 aromatic carbocycles. The number of nitrogens with two attached hydrogens (primary N) is 1. The molecule has 0 aliphatic carbocycles. The molecule has 0 fully saturated rings. The summed E-state index contributed by atoms with van der Waals surface area (Å²) in [4.78, 5) is 8.19. The van der Waals surface area contributed by atoms with Gasteiger partial charge in [-0.1, -0.05) is 18.2 Å². The smallest absolute Gasteiger partial charge is 0.269 e. The largest absolute Gasteiger partial charge is 0.504 e. The number of nitrogens with zero attached hydrogens (tertiary/aromatic N) is 3. The van der Waals surface area contributed by atoms with Crippen LogP contribution in [0.25, 0.3) is 21.9 Å². The van der Waals surface area contributed by atoms with Crippen LogP contribution in [-0.2, 0) is 10.0 Å². The van der Waals surface area contributed by atoms with Crippen molar-refractivity contribution < 1.29 is 13.5 Å². The predicted octanol–water partition coefficient (Wildman–Crippen LogP) is 2.11. The average Bonchev–Trinajstić information content (AvgIpc) is 2.94. The molecule has 120 valence electrons. The Balaban J connectivity index is 2.22. The molecule has 0 spiro atoms. The fourth-order valence-corrected chi connectivity index (χ4v) is 4.22. The summed E-state index contributed by atoms with van der Waals surface area (Å²) in [5, 5.41) is 11.1. The highest BCUT2D eigenvalue weighted by Crippen LogP contribution is 2.38. The quantitative estimate of drug-likeness (QED) is 0.578. The van der Waals surface area contributed by atoms with Gasteiger partial charge in [0.15, 0.2) is 17.2 Å². The molecule has 0 saturated heterocycles. The minimum absolute atomic E-state index is 0.0671. The zero-order chi connectivity index (χ0) is 16.9. The molecule has 8 heteroatoms. The number of aromatic hydroxyl groups is 1. The first kappa shape index (κ1) is 14.5. The van der Waals surface area contributed by atoms with E-state index < -0.39 is 10.0 Å². The van der Waals surface area contributed by atoms with E-state index in [1.807, 2.05) is 0 Å². The van der Waals surface area contributed by atoms with Crippen LogP contribution in [0.3, 0.4) is 0 Å². The maximum absolute atomic E-state index is 13.1. The van der Waals surface area contributed by atoms with Crippen LogP contribution < -0.4 is 5.73 Å². The van der Waals surface area contributed by atoms with E-state index in [4.69, 9.17) is 5.73 Å². The van der Waals surface area contributed by atoms with E-state index in [9.17, 15) is 13.5 Å². The van der Waals surface area contributed by atoms with Crippen LogP contribution in [-0.4, -0.2) is 27.5 Å². The van der Waals surface area contributed by atoms with E-state index in [0.717, 1.165) is 3.97 Å². The zero-order valence-electron chi connectivity index (χ0n) is 12.3. The molecule has 3 aromatic heterocycles. The van der Waals surface area contributed by atoms with Crippen molar-refractivity contribution in [2.24, 2.45) is 0 Å². The van der Waals surface area contributed by atoms with Gasteiger partial charge in [0.1, 0.15) is 0 Å². The summed E-state index contributed by atoms with van der Waals surface area (Å²) < 4.78 is 27.3. The van der Waals surface area contributed by atoms with E-state index in [2.05, 4.69) is 9.97 Å². The third-order valence-corrected chi connectivity index (χ3v) is 5.53. The molecule has 4 aromatic rings. The summed E-state index contributed by atoms with van der Waals surface area (Å²) in [5.74, 6) is -0.324. The van der Waals surface area contributed by atoms with Gasteiger partial charge >= 0.3 is 0 Å². The predicted molar refractivity (Wildman–Crippen MR) is 90.1 cm³/mol. The number of fused-ring (bicyclic) bond motifs is 3. The summed E-state index contributed by atoms with van der Waals surface area (Å²) in [6.07, 6.45) is 2.82. The first-order valence-corrected chi connectivity index (χ1v) is 8.49. The molecule has 0 saturated carbocycles. The molecule has 0 amide bonds. The van der Waals surface area contributed by atoms with Gasteiger partial charge in [0, 0.05) is 11.6 Å². The van der Waals surface area contributed by atoms with Crippen LogP contribution in [0.5, 0.6) is 5.75 Å². The van der Waals surface area contributed by atoms with Crippen LogP contribution >= 0.6 is 0 Å². The highest BCUT2D eigenvalue weighted by molar-refractivity contribution is 7.90. The van der Waals surface area contributed by atoms with Crippen molar-refractivity contribution in [3.05, 3.63) is 54.9 Å². The minimum atomic E-state index is -3.92. The monoisotopic (exact) mass is 340 g/mol. The summed E-state index contributed by atoms with van der Waals surface area (Å²) in [5.41, 5.74) is 6.10. The fraction of sp³-hybridized carbons (Fsp3) is 0. The van der Waals surface area contributed by atoms with Crippen molar-refractivity contribution in [1.29, 1.82) is 0 Å². The Bertz CT molecular complexity index is 1180. The molecular formula is C16H12N4O3S. The van der Waals surface area contributed by atoms with Crippen molar-refractivity contribution in [2.45, 2.75) is 4.90 Å². The molecule has 7 nitrogen and oxygen atoms in total. The molecule has 4 rings (SSSR count). The number of aromatic nitrogens is 3. The molecule has 0 unspecified atom stereocenters. The first-order valence-electron chi connectivity index (χ1n) is 7.05. The summed E-state index contributed by atoms with van der Waals surface area (Å²) in [7, 11) is -3.92. The third-order valence-electron chi connectivity index (χ3n) is 3.81. The number of hydrogen-bond donors (Lipinski definition) is 2. The lowest BCUT2D eigenvalue weighted by Crippen LogP contribution is -2.13. The summed E-state index contributed by atoms with van der Waals surface area (Å²) >= 11 is 0. The highest BCUT2D eigenvalue weighted by atomic mass is 32.2. The van der Waals surface area contributed by atoms with E-state index in [-0.39, 0.29) is 27.6 Å². The molecule has 0 bridgehead atoms. The van der Waals surface area contributed by atoms with E-state index in [1.54, 1.807) is 30.3 Å². The zero-order valence-corrected chi connectivity index (χ0v) is 13.1. The average molecular weight is 340 g/mol. The second-order valence-corrected chi connectivity index (χ2v) is 7.00. The number of pyridine rings is 2. The third kappa shape index (κ3) is 1.86. The highest BCUT2D eigenvalue weighted by Gasteiger charge is 2.26. The minimum Gasteiger partial charge on any atom is -0.504 e. The number of anilines is 1. The van der Waals surface area contributed by atoms with E-state index in [1.165, 1.54) is 24.5 Å². The number of hydrogen-bond acceptors (Lipinski definition) is 6. The number of rotatable bonds is 2. The molecule has 3 N–H and O–H groups in total. The lowest BCUT2D eigenvalue weighted by Gasteiger charge is -2.08. The molecule has 0 atom stereocenters. The fourth-order valence-electron chi connectivity index (χ4n) is 2.73. The standard InChI is InChI=1S/C16H12N4O3S/c17-15-14(21)13-11-7-4-8-18-16(11)20(12(13)9-19-15)24(22,23)10-5-2-1-3-6-10/h1-9,21H,(H2,17,19). The van der Waals surface area contributed by atoms with Gasteiger partial charge < -0.3 is 10.8 Å². The van der Waals surface area contributed by atoms with Gasteiger partial charge in [-0.15, -0.1) is 0 Å². The lowest BCUT2D eigenvalue weighted by atomic mass is 10.2. The Morgan fingerprint density at radius 1 is 1.04 bits per heavy atom. The maximum Gasteiger partial charge on any atom is 0.269 e. The Hall–Kier alpha value is -3.13. The van der Waals surface area contributed by atoms with Crippen LogP contribution in [0, 0.1) is 0 Å². The van der Waals surface area contributed by atoms with E-state index >= 15 is 0 Å². The van der Waals surface area contributed by atoms with Gasteiger partial charge in [0.2, 0.25) is 0 Å². The van der Waals surface area contributed by atoms with Gasteiger partial charge in [-0.2, -0.15) is 0 Å². The SMILES string of the molecule is Nc1ncc2c(c1O)c1cccnc1n2S(=O)(=O)c1ccccc1. The Morgan fingerprint density at radius 2 is 1.79 bits per heavy atom. The summed E-state index contributed by atoms with van der Waals surface area (Å²) in [6, 6.07) is 11.4. The lowest BCUT2D eigenvalue weighted by molar-refractivity contribution is 0.482. The number of nitrogen functional groups attached to an aromatic ring is 1. The Morgan fingerprint density at radius 3 is 2.54 bits per heavy atom. The number of benzene rings is 1. The van der Waals surface area contributed by atoms with Crippen LogP contribution in [0.2, 0.25) is 0 Å². The van der Waals surface area contributed by atoms with Gasteiger partial charge in [-0.05, 0) is 24.3 Å². The molecular weight excluding hydrogens is 328 g/mol. The second-order valence-electron chi connectivity index (χ2n) is 5.21. The second kappa shape index (κ2) is 4.93. The summed E-state index contributed by atoms with van der Waals surface area (Å²) in [6.45, 7) is 0. The molecule has 3 heterocycles. The van der Waals surface area contributed by atoms with Crippen LogP contribution in [0.1, 0.15) is 0 Å². The first-order chi connectivity index (χ1) is 11.5. The molecule has 24 heavy (non-hydrogen) atoms. The van der Waals surface area contributed by atoms with Crippen molar-refractivity contribution >= 4 is 37.8 Å². The van der Waals surface area contributed by atoms with Gasteiger partial charge in [0.05, 0.1) is 22.0 Å². The van der Waals surface area contributed by atoms with Crippen molar-refractivity contribution in [2.75, 3.05) is 5.73 Å².